The first-order chi connectivity index (χ1) is 4.22. The molecule has 48 valence electrons. The molecule has 3 nitrogen and oxygen atoms in total. The predicted molar refractivity (Wildman–Crippen MR) is 35.8 cm³/mol. The molecule has 0 unspecified atom stereocenters. The Morgan fingerprint density at radius 2 is 2.44 bits per heavy atom. The van der Waals surface area contributed by atoms with Crippen LogP contribution in [0.4, 0.5) is 0 Å². The van der Waals surface area contributed by atoms with Gasteiger partial charge in [-0.15, -0.1) is 0 Å². The number of hydrogen-bond donors (Lipinski definition) is 2. The van der Waals surface area contributed by atoms with Crippen molar-refractivity contribution in [3.8, 4) is 0 Å². The lowest BCUT2D eigenvalue weighted by Crippen LogP contribution is -1.94. The van der Waals surface area contributed by atoms with Crippen molar-refractivity contribution < 1.29 is 0 Å². The van der Waals surface area contributed by atoms with Crippen LogP contribution in [0.2, 0.25) is 0 Å². The summed E-state index contributed by atoms with van der Waals surface area (Å²) in [6.07, 6.45) is 1.60. The van der Waals surface area contributed by atoms with Gasteiger partial charge in [0.25, 0.3) is 0 Å². The minimum Gasteiger partial charge on any atom is -0.348 e. The number of aryl methyl sites for hydroxylation is 1. The Bertz CT molecular complexity index is 224. The van der Waals surface area contributed by atoms with Gasteiger partial charge in [-0.1, -0.05) is 0 Å². The van der Waals surface area contributed by atoms with Crippen molar-refractivity contribution in [2.75, 3.05) is 0 Å². The van der Waals surface area contributed by atoms with E-state index in [0.717, 1.165) is 11.4 Å². The molecule has 9 heavy (non-hydrogen) atoms. The minimum atomic E-state index is 0.508. The standard InChI is InChI=1S/C6H9N3/c1-4(7)6-5(2)8-3-9-6/h3,7H,1-2H3,(H,8,9). The second kappa shape index (κ2) is 2.01. The highest BCUT2D eigenvalue weighted by atomic mass is 14.9. The second-order valence-corrected chi connectivity index (χ2v) is 2.00. The van der Waals surface area contributed by atoms with Gasteiger partial charge in [0.15, 0.2) is 0 Å². The van der Waals surface area contributed by atoms with Crippen molar-refractivity contribution in [1.82, 2.24) is 9.97 Å². The predicted octanol–water partition coefficient (Wildman–Crippen LogP) is 1.11. The van der Waals surface area contributed by atoms with Gasteiger partial charge in [-0.2, -0.15) is 0 Å². The number of aromatic nitrogens is 2. The summed E-state index contributed by atoms with van der Waals surface area (Å²) >= 11 is 0. The maximum atomic E-state index is 7.21. The van der Waals surface area contributed by atoms with Crippen molar-refractivity contribution in [3.63, 3.8) is 0 Å². The SMILES string of the molecule is CC(=N)c1nc[nH]c1C. The molecule has 0 radical (unpaired) electrons. The summed E-state index contributed by atoms with van der Waals surface area (Å²) in [6.45, 7) is 3.63. The minimum absolute atomic E-state index is 0.508. The highest BCUT2D eigenvalue weighted by Crippen LogP contribution is 1.99. The van der Waals surface area contributed by atoms with Crippen molar-refractivity contribution in [3.05, 3.63) is 17.7 Å². The van der Waals surface area contributed by atoms with Crippen molar-refractivity contribution in [1.29, 1.82) is 5.41 Å². The van der Waals surface area contributed by atoms with Gasteiger partial charge in [-0.25, -0.2) is 4.98 Å². The van der Waals surface area contributed by atoms with E-state index in [1.165, 1.54) is 0 Å². The molecular weight excluding hydrogens is 114 g/mol. The van der Waals surface area contributed by atoms with E-state index in [9.17, 15) is 0 Å². The molecule has 0 saturated heterocycles. The summed E-state index contributed by atoms with van der Waals surface area (Å²) in [5, 5.41) is 7.21. The van der Waals surface area contributed by atoms with Crippen molar-refractivity contribution in [2.45, 2.75) is 13.8 Å². The van der Waals surface area contributed by atoms with E-state index in [1.807, 2.05) is 6.92 Å². The normalized spacial score (nSPS) is 9.56. The molecule has 3 heteroatoms. The van der Waals surface area contributed by atoms with Crippen LogP contribution in [0.15, 0.2) is 6.33 Å². The van der Waals surface area contributed by atoms with E-state index >= 15 is 0 Å². The Kier molecular flexibility index (Phi) is 1.34. The summed E-state index contributed by atoms with van der Waals surface area (Å²) in [6, 6.07) is 0. The number of rotatable bonds is 1. The van der Waals surface area contributed by atoms with Gasteiger partial charge in [-0.05, 0) is 13.8 Å². The quantitative estimate of drug-likeness (QED) is 0.540. The first-order valence-corrected chi connectivity index (χ1v) is 2.77. The molecule has 0 aromatic carbocycles. The second-order valence-electron chi connectivity index (χ2n) is 2.00. The molecule has 0 atom stereocenters. The molecule has 0 fully saturated rings. The zero-order chi connectivity index (χ0) is 6.85. The fourth-order valence-electron chi connectivity index (χ4n) is 0.737. The molecule has 0 saturated carbocycles. The Balaban J connectivity index is 3.08. The summed E-state index contributed by atoms with van der Waals surface area (Å²) < 4.78 is 0. The van der Waals surface area contributed by atoms with Crippen LogP contribution in [-0.4, -0.2) is 15.7 Å². The zero-order valence-electron chi connectivity index (χ0n) is 5.52. The first-order valence-electron chi connectivity index (χ1n) is 2.77. The van der Waals surface area contributed by atoms with E-state index in [0.29, 0.717) is 5.71 Å². The van der Waals surface area contributed by atoms with E-state index < -0.39 is 0 Å². The van der Waals surface area contributed by atoms with Crippen molar-refractivity contribution in [2.24, 2.45) is 0 Å². The van der Waals surface area contributed by atoms with E-state index in [2.05, 4.69) is 9.97 Å². The Hall–Kier alpha value is -1.12. The lowest BCUT2D eigenvalue weighted by atomic mass is 10.2. The zero-order valence-corrected chi connectivity index (χ0v) is 5.52. The number of imidazole rings is 1. The van der Waals surface area contributed by atoms with E-state index in [4.69, 9.17) is 5.41 Å². The Labute approximate surface area is 53.6 Å². The smallest absolute Gasteiger partial charge is 0.104 e. The van der Waals surface area contributed by atoms with Crippen molar-refractivity contribution >= 4 is 5.71 Å². The van der Waals surface area contributed by atoms with Gasteiger partial charge in [0.2, 0.25) is 0 Å². The Morgan fingerprint density at radius 1 is 1.78 bits per heavy atom. The highest BCUT2D eigenvalue weighted by molar-refractivity contribution is 5.95. The molecule has 1 rings (SSSR count). The molecule has 2 N–H and O–H groups in total. The van der Waals surface area contributed by atoms with Crippen LogP contribution < -0.4 is 0 Å². The monoisotopic (exact) mass is 123 g/mol. The van der Waals surface area contributed by atoms with Crippen LogP contribution in [0.3, 0.4) is 0 Å². The number of hydrogen-bond acceptors (Lipinski definition) is 2. The number of aromatic amines is 1. The topological polar surface area (TPSA) is 52.5 Å². The number of H-pyrrole nitrogens is 1. The molecular formula is C6H9N3. The highest BCUT2D eigenvalue weighted by Gasteiger charge is 2.00. The van der Waals surface area contributed by atoms with E-state index in [-0.39, 0.29) is 0 Å². The largest absolute Gasteiger partial charge is 0.348 e. The van der Waals surface area contributed by atoms with Crippen LogP contribution in [0.5, 0.6) is 0 Å². The van der Waals surface area contributed by atoms with Crippen LogP contribution in [0.1, 0.15) is 18.3 Å². The molecule has 0 spiro atoms. The van der Waals surface area contributed by atoms with Gasteiger partial charge in [0, 0.05) is 5.69 Å². The van der Waals surface area contributed by atoms with E-state index in [1.54, 1.807) is 13.3 Å². The summed E-state index contributed by atoms with van der Waals surface area (Å²) in [5.74, 6) is 0. The number of nitrogens with zero attached hydrogens (tertiary/aromatic N) is 1. The molecule has 1 aromatic rings. The summed E-state index contributed by atoms with van der Waals surface area (Å²) in [5.41, 5.74) is 2.23. The molecule has 0 aliphatic rings. The molecule has 0 bridgehead atoms. The van der Waals surface area contributed by atoms with Crippen LogP contribution in [-0.2, 0) is 0 Å². The maximum Gasteiger partial charge on any atom is 0.104 e. The Morgan fingerprint density at radius 3 is 2.67 bits per heavy atom. The van der Waals surface area contributed by atoms with Gasteiger partial charge < -0.3 is 10.4 Å². The number of nitrogens with one attached hydrogen (secondary N) is 2. The fraction of sp³-hybridized carbons (Fsp3) is 0.333. The third-order valence-corrected chi connectivity index (χ3v) is 1.19. The first kappa shape index (κ1) is 6.01. The van der Waals surface area contributed by atoms with Gasteiger partial charge in [0.1, 0.15) is 5.69 Å². The molecule has 0 aliphatic carbocycles. The fourth-order valence-corrected chi connectivity index (χ4v) is 0.737. The average molecular weight is 123 g/mol. The van der Waals surface area contributed by atoms with Gasteiger partial charge in [0.05, 0.1) is 12.0 Å². The van der Waals surface area contributed by atoms with Gasteiger partial charge in [-0.3, -0.25) is 0 Å². The summed E-state index contributed by atoms with van der Waals surface area (Å²) in [7, 11) is 0. The van der Waals surface area contributed by atoms with Crippen LogP contribution >= 0.6 is 0 Å². The summed E-state index contributed by atoms with van der Waals surface area (Å²) in [4.78, 5) is 6.83. The molecule has 0 amide bonds. The van der Waals surface area contributed by atoms with Gasteiger partial charge >= 0.3 is 0 Å². The maximum absolute atomic E-state index is 7.21. The third kappa shape index (κ3) is 0.988. The third-order valence-electron chi connectivity index (χ3n) is 1.19. The van der Waals surface area contributed by atoms with Crippen LogP contribution in [0.25, 0.3) is 0 Å². The lowest BCUT2D eigenvalue weighted by molar-refractivity contribution is 1.25. The lowest BCUT2D eigenvalue weighted by Gasteiger charge is -1.89. The molecule has 1 heterocycles. The molecule has 0 aliphatic heterocycles. The average Bonchev–Trinajstić information content (AvgIpc) is 2.13. The van der Waals surface area contributed by atoms with Crippen LogP contribution in [0, 0.1) is 12.3 Å². The molecule has 1 aromatic heterocycles.